The molecule has 1 aliphatic heterocycles. The van der Waals surface area contributed by atoms with Gasteiger partial charge in [-0.25, -0.2) is 14.4 Å². The first-order chi connectivity index (χ1) is 19.2. The zero-order valence-electron chi connectivity index (χ0n) is 22.5. The molecule has 2 N–H and O–H groups in total. The smallest absolute Gasteiger partial charge is 0.294 e. The van der Waals surface area contributed by atoms with Crippen molar-refractivity contribution in [1.82, 2.24) is 19.4 Å². The van der Waals surface area contributed by atoms with Crippen molar-refractivity contribution in [3.05, 3.63) is 62.7 Å². The summed E-state index contributed by atoms with van der Waals surface area (Å²) in [5.74, 6) is -0.186. The Morgan fingerprint density at radius 2 is 2.12 bits per heavy atom. The van der Waals surface area contributed by atoms with Gasteiger partial charge >= 0.3 is 0 Å². The molecule has 0 saturated heterocycles. The van der Waals surface area contributed by atoms with Crippen LogP contribution in [0.2, 0.25) is 5.02 Å². The number of benzene rings is 2. The van der Waals surface area contributed by atoms with Crippen molar-refractivity contribution in [3.8, 4) is 17.0 Å². The van der Waals surface area contributed by atoms with E-state index in [1.807, 2.05) is 31.1 Å². The second kappa shape index (κ2) is 11.2. The number of methoxy groups -OCH3 is 1. The first-order valence-electron chi connectivity index (χ1n) is 12.6. The van der Waals surface area contributed by atoms with Crippen LogP contribution >= 0.6 is 11.6 Å². The van der Waals surface area contributed by atoms with Crippen molar-refractivity contribution in [3.63, 3.8) is 0 Å². The molecule has 0 amide bonds. The van der Waals surface area contributed by atoms with Crippen molar-refractivity contribution in [2.75, 3.05) is 51.5 Å². The minimum atomic E-state index is -0.615. The second-order valence-electron chi connectivity index (χ2n) is 9.67. The fourth-order valence-corrected chi connectivity index (χ4v) is 5.17. The van der Waals surface area contributed by atoms with E-state index in [1.165, 1.54) is 13.2 Å². The maximum absolute atomic E-state index is 15.3. The highest BCUT2D eigenvalue weighted by Crippen LogP contribution is 2.42. The van der Waals surface area contributed by atoms with E-state index >= 15 is 4.39 Å². The Kier molecular flexibility index (Phi) is 7.74. The number of aromatic nitrogens is 3. The molecule has 0 saturated carbocycles. The monoisotopic (exact) mass is 569 g/mol. The van der Waals surface area contributed by atoms with Crippen molar-refractivity contribution in [1.29, 1.82) is 0 Å². The number of nitrogens with one attached hydrogen (secondary N) is 2. The molecule has 11 nitrogen and oxygen atoms in total. The molecule has 3 heterocycles. The highest BCUT2D eigenvalue weighted by molar-refractivity contribution is 6.31. The van der Waals surface area contributed by atoms with Crippen LogP contribution in [0.4, 0.5) is 27.4 Å². The van der Waals surface area contributed by atoms with Crippen LogP contribution in [0.5, 0.6) is 5.75 Å². The molecule has 0 spiro atoms. The molecular formula is C27H29ClFN7O4. The van der Waals surface area contributed by atoms with E-state index in [0.29, 0.717) is 53.8 Å². The number of ether oxygens (including phenoxy) is 2. The molecule has 13 heteroatoms. The number of anilines is 3. The predicted molar refractivity (Wildman–Crippen MR) is 152 cm³/mol. The molecule has 40 heavy (non-hydrogen) atoms. The van der Waals surface area contributed by atoms with E-state index < -0.39 is 10.7 Å². The highest BCUT2D eigenvalue weighted by Gasteiger charge is 2.27. The third kappa shape index (κ3) is 5.12. The third-order valence-electron chi connectivity index (χ3n) is 6.82. The molecule has 0 unspecified atom stereocenters. The molecule has 1 aliphatic rings. The maximum Gasteiger partial charge on any atom is 0.294 e. The van der Waals surface area contributed by atoms with Gasteiger partial charge in [-0.3, -0.25) is 10.1 Å². The number of nitro benzene ring substituents is 1. The van der Waals surface area contributed by atoms with E-state index in [-0.39, 0.29) is 29.6 Å². The van der Waals surface area contributed by atoms with Crippen molar-refractivity contribution < 1.29 is 18.8 Å². The van der Waals surface area contributed by atoms with Crippen LogP contribution in [0.25, 0.3) is 22.2 Å². The lowest BCUT2D eigenvalue weighted by Crippen LogP contribution is -2.21. The average molecular weight is 570 g/mol. The van der Waals surface area contributed by atoms with Crippen LogP contribution in [0.1, 0.15) is 11.3 Å². The fraction of sp³-hybridized carbons (Fsp3) is 0.333. The summed E-state index contributed by atoms with van der Waals surface area (Å²) < 4.78 is 28.7. The summed E-state index contributed by atoms with van der Waals surface area (Å²) in [6.45, 7) is 4.32. The Balaban J connectivity index is 1.58. The Hall–Kier alpha value is -4.00. The normalized spacial score (nSPS) is 13.0. The van der Waals surface area contributed by atoms with E-state index in [1.54, 1.807) is 13.0 Å². The summed E-state index contributed by atoms with van der Waals surface area (Å²) in [6, 6.07) is 6.79. The highest BCUT2D eigenvalue weighted by atomic mass is 35.5. The lowest BCUT2D eigenvalue weighted by atomic mass is 10.1. The number of halogens is 2. The lowest BCUT2D eigenvalue weighted by Gasteiger charge is -2.19. The Labute approximate surface area is 235 Å². The number of hydrogen-bond donors (Lipinski definition) is 2. The molecule has 0 aliphatic carbocycles. The summed E-state index contributed by atoms with van der Waals surface area (Å²) in [7, 11) is 5.31. The third-order valence-corrected chi connectivity index (χ3v) is 7.05. The van der Waals surface area contributed by atoms with Gasteiger partial charge in [-0.2, -0.15) is 0 Å². The minimum Gasteiger partial charge on any atom is -0.494 e. The molecule has 210 valence electrons. The quantitative estimate of drug-likeness (QED) is 0.203. The summed E-state index contributed by atoms with van der Waals surface area (Å²) in [5.41, 5.74) is 3.36. The van der Waals surface area contributed by atoms with Gasteiger partial charge < -0.3 is 29.6 Å². The number of rotatable bonds is 9. The number of nitro groups is 1. The molecular weight excluding hydrogens is 541 g/mol. The van der Waals surface area contributed by atoms with Gasteiger partial charge in [0.2, 0.25) is 5.95 Å². The number of likely N-dealkylation sites (N-methyl/N-ethyl adjacent to an activating group) is 1. The fourth-order valence-electron chi connectivity index (χ4n) is 5.00. The number of hydrogen-bond acceptors (Lipinski definition) is 9. The van der Waals surface area contributed by atoms with Crippen LogP contribution in [0.3, 0.4) is 0 Å². The zero-order valence-corrected chi connectivity index (χ0v) is 23.3. The van der Waals surface area contributed by atoms with Crippen molar-refractivity contribution in [2.24, 2.45) is 0 Å². The summed E-state index contributed by atoms with van der Waals surface area (Å²) >= 11 is 6.27. The predicted octanol–water partition coefficient (Wildman–Crippen LogP) is 5.36. The van der Waals surface area contributed by atoms with Gasteiger partial charge in [0.15, 0.2) is 5.82 Å². The number of nitrogens with zero attached hydrogens (tertiary/aromatic N) is 5. The van der Waals surface area contributed by atoms with Crippen LogP contribution in [0.15, 0.2) is 30.5 Å². The molecule has 0 bridgehead atoms. The Morgan fingerprint density at radius 1 is 1.32 bits per heavy atom. The van der Waals surface area contributed by atoms with Gasteiger partial charge in [-0.1, -0.05) is 17.7 Å². The van der Waals surface area contributed by atoms with Gasteiger partial charge in [0, 0.05) is 47.2 Å². The molecule has 2 aromatic heterocycles. The Bertz CT molecular complexity index is 1610. The molecule has 2 aromatic carbocycles. The van der Waals surface area contributed by atoms with Gasteiger partial charge in [-0.15, -0.1) is 0 Å². The molecule has 4 aromatic rings. The standard InChI is InChI=1S/C27H29ClFN7O4/c1-15-24(30-7-8-34(2)3)21(36(37)38)12-19(26(15)39-4)32-27-31-13-18(29)25(33-27)23-17-6-5-16(28)11-20(17)35-9-10-40-14-22(23)35/h5-6,11-13,30H,7-10,14H2,1-4H3,(H,31,32,33). The summed E-state index contributed by atoms with van der Waals surface area (Å²) in [4.78, 5) is 22.1. The van der Waals surface area contributed by atoms with Gasteiger partial charge in [0.05, 0.1) is 48.3 Å². The Morgan fingerprint density at radius 3 is 2.85 bits per heavy atom. The summed E-state index contributed by atoms with van der Waals surface area (Å²) in [6.07, 6.45) is 1.07. The van der Waals surface area contributed by atoms with E-state index in [2.05, 4.69) is 25.2 Å². The van der Waals surface area contributed by atoms with Gasteiger partial charge in [0.1, 0.15) is 17.1 Å². The molecule has 0 radical (unpaired) electrons. The SMILES string of the molecule is COc1c(Nc2ncc(F)c(-c3c4n(c5cc(Cl)ccc35)CCOC4)n2)cc([N+](=O)[O-])c(NCCN(C)C)c1C. The van der Waals surface area contributed by atoms with Crippen LogP contribution in [-0.2, 0) is 17.9 Å². The largest absolute Gasteiger partial charge is 0.494 e. The van der Waals surface area contributed by atoms with Crippen molar-refractivity contribution >= 4 is 45.5 Å². The van der Waals surface area contributed by atoms with E-state index in [9.17, 15) is 10.1 Å². The number of fused-ring (bicyclic) bond motifs is 3. The topological polar surface area (TPSA) is 120 Å². The van der Waals surface area contributed by atoms with E-state index in [0.717, 1.165) is 22.8 Å². The van der Waals surface area contributed by atoms with Crippen LogP contribution in [-0.4, -0.2) is 65.3 Å². The maximum atomic E-state index is 15.3. The van der Waals surface area contributed by atoms with Crippen molar-refractivity contribution in [2.45, 2.75) is 20.1 Å². The molecule has 5 rings (SSSR count). The van der Waals surface area contributed by atoms with Crippen LogP contribution in [0, 0.1) is 22.9 Å². The first kappa shape index (κ1) is 27.6. The van der Waals surface area contributed by atoms with Gasteiger partial charge in [0.25, 0.3) is 5.69 Å². The minimum absolute atomic E-state index is 0.0514. The molecule has 0 fully saturated rings. The lowest BCUT2D eigenvalue weighted by molar-refractivity contribution is -0.383. The second-order valence-corrected chi connectivity index (χ2v) is 10.1. The zero-order chi connectivity index (χ0) is 28.6. The first-order valence-corrected chi connectivity index (χ1v) is 13.0. The van der Waals surface area contributed by atoms with Gasteiger partial charge in [-0.05, 0) is 33.2 Å². The van der Waals surface area contributed by atoms with Crippen LogP contribution < -0.4 is 15.4 Å². The molecule has 0 atom stereocenters. The summed E-state index contributed by atoms with van der Waals surface area (Å²) in [5, 5.41) is 19.5. The van der Waals surface area contributed by atoms with E-state index in [4.69, 9.17) is 21.1 Å². The average Bonchev–Trinajstić information content (AvgIpc) is 3.24.